The molecule has 0 fully saturated rings. The zero-order chi connectivity index (χ0) is 18.6. The van der Waals surface area contributed by atoms with Gasteiger partial charge in [0.15, 0.2) is 6.61 Å². The highest BCUT2D eigenvalue weighted by Crippen LogP contribution is 2.24. The second kappa shape index (κ2) is 7.65. The maximum absolute atomic E-state index is 11.9. The third kappa shape index (κ3) is 5.03. The van der Waals surface area contributed by atoms with Gasteiger partial charge in [-0.3, -0.25) is 4.79 Å². The van der Waals surface area contributed by atoms with E-state index in [4.69, 9.17) is 10.5 Å². The van der Waals surface area contributed by atoms with Crippen LogP contribution in [0.15, 0.2) is 29.4 Å². The standard InChI is InChI=1S/C18H24N4O2S/c1-11(16-12(2)22-25-17(16)19)20-21-15(23)10-24-14-8-6-13(7-9-14)18(3,4)5/h6-9H,10,19H2,1-5H3,(H,21,23)/b20-11-. The molecule has 134 valence electrons. The van der Waals surface area contributed by atoms with E-state index in [-0.39, 0.29) is 17.9 Å². The highest BCUT2D eigenvalue weighted by molar-refractivity contribution is 7.10. The van der Waals surface area contributed by atoms with Gasteiger partial charge in [-0.2, -0.15) is 9.47 Å². The summed E-state index contributed by atoms with van der Waals surface area (Å²) in [5.74, 6) is 0.310. The van der Waals surface area contributed by atoms with Crippen molar-refractivity contribution in [2.24, 2.45) is 5.10 Å². The molecule has 0 spiro atoms. The molecule has 0 saturated carbocycles. The number of nitrogens with two attached hydrogens (primary N) is 1. The molecule has 1 heterocycles. The number of hydrogen-bond donors (Lipinski definition) is 2. The molecule has 6 nitrogen and oxygen atoms in total. The van der Waals surface area contributed by atoms with Gasteiger partial charge in [0.25, 0.3) is 5.91 Å². The molecule has 0 aliphatic rings. The van der Waals surface area contributed by atoms with Crippen LogP contribution < -0.4 is 15.9 Å². The molecule has 0 unspecified atom stereocenters. The number of nitrogens with one attached hydrogen (secondary N) is 1. The topological polar surface area (TPSA) is 89.6 Å². The van der Waals surface area contributed by atoms with Crippen LogP contribution in [0.25, 0.3) is 0 Å². The third-order valence-corrected chi connectivity index (χ3v) is 4.46. The second-order valence-electron chi connectivity index (χ2n) is 6.80. The van der Waals surface area contributed by atoms with Gasteiger partial charge in [0, 0.05) is 0 Å². The number of rotatable bonds is 5. The van der Waals surface area contributed by atoms with Gasteiger partial charge in [0.05, 0.1) is 17.0 Å². The molecule has 3 N–H and O–H groups in total. The van der Waals surface area contributed by atoms with Crippen molar-refractivity contribution >= 4 is 28.2 Å². The van der Waals surface area contributed by atoms with Crippen molar-refractivity contribution in [1.29, 1.82) is 0 Å². The summed E-state index contributed by atoms with van der Waals surface area (Å²) in [7, 11) is 0. The van der Waals surface area contributed by atoms with Gasteiger partial charge in [-0.05, 0) is 48.5 Å². The fraction of sp³-hybridized carbons (Fsp3) is 0.389. The summed E-state index contributed by atoms with van der Waals surface area (Å²) < 4.78 is 9.65. The van der Waals surface area contributed by atoms with Crippen molar-refractivity contribution in [3.8, 4) is 5.75 Å². The molecule has 7 heteroatoms. The molecule has 1 aromatic carbocycles. The van der Waals surface area contributed by atoms with Gasteiger partial charge >= 0.3 is 0 Å². The zero-order valence-electron chi connectivity index (χ0n) is 15.2. The van der Waals surface area contributed by atoms with E-state index in [9.17, 15) is 4.79 Å². The number of nitrogen functional groups attached to an aromatic ring is 1. The summed E-state index contributed by atoms with van der Waals surface area (Å²) >= 11 is 1.21. The molecule has 1 aromatic heterocycles. The molecule has 0 saturated heterocycles. The quantitative estimate of drug-likeness (QED) is 0.633. The monoisotopic (exact) mass is 360 g/mol. The van der Waals surface area contributed by atoms with Crippen molar-refractivity contribution in [3.05, 3.63) is 41.1 Å². The third-order valence-electron chi connectivity index (χ3n) is 3.69. The number of carbonyl (C=O) groups is 1. The summed E-state index contributed by atoms with van der Waals surface area (Å²) in [5, 5.41) is 4.66. The largest absolute Gasteiger partial charge is 0.484 e. The van der Waals surface area contributed by atoms with Crippen molar-refractivity contribution in [2.45, 2.75) is 40.0 Å². The number of nitrogens with zero attached hydrogens (tertiary/aromatic N) is 2. The number of aryl methyl sites for hydroxylation is 1. The Kier molecular flexibility index (Phi) is 5.79. The van der Waals surface area contributed by atoms with Gasteiger partial charge in [-0.25, -0.2) is 5.43 Å². The fourth-order valence-electron chi connectivity index (χ4n) is 2.26. The number of ether oxygens (including phenoxy) is 1. The molecule has 0 bridgehead atoms. The van der Waals surface area contributed by atoms with E-state index in [1.165, 1.54) is 17.1 Å². The van der Waals surface area contributed by atoms with E-state index in [1.54, 1.807) is 6.92 Å². The Morgan fingerprint density at radius 2 is 1.96 bits per heavy atom. The molecule has 25 heavy (non-hydrogen) atoms. The van der Waals surface area contributed by atoms with E-state index >= 15 is 0 Å². The summed E-state index contributed by atoms with van der Waals surface area (Å²) in [6.07, 6.45) is 0. The van der Waals surface area contributed by atoms with Gasteiger partial charge in [0.2, 0.25) is 0 Å². The Bertz CT molecular complexity index is 754. The lowest BCUT2D eigenvalue weighted by Gasteiger charge is -2.19. The number of aromatic nitrogens is 1. The van der Waals surface area contributed by atoms with Crippen LogP contribution in [-0.2, 0) is 10.2 Å². The highest BCUT2D eigenvalue weighted by Gasteiger charge is 2.14. The summed E-state index contributed by atoms with van der Waals surface area (Å²) in [5.41, 5.74) is 11.8. The maximum atomic E-state index is 11.9. The minimum atomic E-state index is -0.335. The van der Waals surface area contributed by atoms with Crippen molar-refractivity contribution < 1.29 is 9.53 Å². The number of hydrazone groups is 1. The molecule has 0 aliphatic heterocycles. The van der Waals surface area contributed by atoms with Gasteiger partial charge in [-0.1, -0.05) is 32.9 Å². The van der Waals surface area contributed by atoms with E-state index < -0.39 is 0 Å². The Balaban J connectivity index is 1.90. The zero-order valence-corrected chi connectivity index (χ0v) is 16.0. The van der Waals surface area contributed by atoms with Crippen LogP contribution in [0.5, 0.6) is 5.75 Å². The number of carbonyl (C=O) groups excluding carboxylic acids is 1. The van der Waals surface area contributed by atoms with Crippen LogP contribution in [0.1, 0.15) is 44.5 Å². The predicted octanol–water partition coefficient (Wildman–Crippen LogP) is 3.25. The summed E-state index contributed by atoms with van der Waals surface area (Å²) in [6.45, 7) is 9.96. The molecule has 2 aromatic rings. The molecular weight excluding hydrogens is 336 g/mol. The minimum Gasteiger partial charge on any atom is -0.484 e. The molecule has 0 atom stereocenters. The maximum Gasteiger partial charge on any atom is 0.277 e. The van der Waals surface area contributed by atoms with Gasteiger partial charge in [-0.15, -0.1) is 0 Å². The lowest BCUT2D eigenvalue weighted by molar-refractivity contribution is -0.123. The van der Waals surface area contributed by atoms with Crippen LogP contribution in [0, 0.1) is 6.92 Å². The average molecular weight is 360 g/mol. The van der Waals surface area contributed by atoms with Crippen molar-refractivity contribution in [3.63, 3.8) is 0 Å². The van der Waals surface area contributed by atoms with E-state index in [1.807, 2.05) is 31.2 Å². The second-order valence-corrected chi connectivity index (χ2v) is 7.61. The smallest absolute Gasteiger partial charge is 0.277 e. The average Bonchev–Trinajstić information content (AvgIpc) is 2.89. The SMILES string of the molecule is C/C(=N/NC(=O)COc1ccc(C(C)(C)C)cc1)c1c(C)nsc1N. The summed E-state index contributed by atoms with van der Waals surface area (Å²) in [6, 6.07) is 7.74. The first-order valence-corrected chi connectivity index (χ1v) is 8.74. The first kappa shape index (κ1) is 18.9. The Morgan fingerprint density at radius 1 is 1.32 bits per heavy atom. The van der Waals surface area contributed by atoms with Crippen LogP contribution >= 0.6 is 11.5 Å². The fourth-order valence-corrected chi connectivity index (χ4v) is 2.98. The Morgan fingerprint density at radius 3 is 2.48 bits per heavy atom. The first-order valence-electron chi connectivity index (χ1n) is 7.97. The molecule has 1 amide bonds. The number of benzene rings is 1. The van der Waals surface area contributed by atoms with E-state index in [0.717, 1.165) is 11.3 Å². The predicted molar refractivity (Wildman–Crippen MR) is 102 cm³/mol. The first-order chi connectivity index (χ1) is 11.7. The lowest BCUT2D eigenvalue weighted by Crippen LogP contribution is -2.25. The van der Waals surface area contributed by atoms with Crippen LogP contribution in [0.4, 0.5) is 5.00 Å². The van der Waals surface area contributed by atoms with E-state index in [2.05, 4.69) is 35.7 Å². The minimum absolute atomic E-state index is 0.0820. The Labute approximate surface area is 152 Å². The summed E-state index contributed by atoms with van der Waals surface area (Å²) in [4.78, 5) is 11.9. The van der Waals surface area contributed by atoms with Crippen molar-refractivity contribution in [2.75, 3.05) is 12.3 Å². The van der Waals surface area contributed by atoms with E-state index in [0.29, 0.717) is 16.5 Å². The lowest BCUT2D eigenvalue weighted by atomic mass is 9.87. The number of amides is 1. The Hall–Kier alpha value is -2.41. The normalized spacial score (nSPS) is 12.1. The molecule has 0 radical (unpaired) electrons. The van der Waals surface area contributed by atoms with Crippen LogP contribution in [0.3, 0.4) is 0 Å². The molecule has 0 aliphatic carbocycles. The number of anilines is 1. The van der Waals surface area contributed by atoms with Gasteiger partial charge < -0.3 is 10.5 Å². The number of hydrogen-bond acceptors (Lipinski definition) is 6. The van der Waals surface area contributed by atoms with Crippen LogP contribution in [-0.4, -0.2) is 22.6 Å². The highest BCUT2D eigenvalue weighted by atomic mass is 32.1. The van der Waals surface area contributed by atoms with Crippen molar-refractivity contribution in [1.82, 2.24) is 9.80 Å². The van der Waals surface area contributed by atoms with Crippen LogP contribution in [0.2, 0.25) is 0 Å². The molecular formula is C18H24N4O2S. The molecule has 2 rings (SSSR count). The van der Waals surface area contributed by atoms with Gasteiger partial charge in [0.1, 0.15) is 10.8 Å².